The second-order valence-corrected chi connectivity index (χ2v) is 9.71. The van der Waals surface area contributed by atoms with E-state index in [4.69, 9.17) is 27.9 Å². The summed E-state index contributed by atoms with van der Waals surface area (Å²) in [5, 5.41) is 5.29. The number of fused-ring (bicyclic) bond motifs is 1. The Bertz CT molecular complexity index is 1180. The highest BCUT2D eigenvalue weighted by Gasteiger charge is 2.29. The summed E-state index contributed by atoms with van der Waals surface area (Å²) >= 11 is 12.0. The molecule has 3 aromatic rings. The minimum absolute atomic E-state index is 0.209. The number of hydrogen-bond acceptors (Lipinski definition) is 4. The summed E-state index contributed by atoms with van der Waals surface area (Å²) in [6, 6.07) is 17.0. The van der Waals surface area contributed by atoms with Crippen molar-refractivity contribution in [2.75, 3.05) is 23.7 Å². The monoisotopic (exact) mass is 480 g/mol. The lowest BCUT2D eigenvalue weighted by Gasteiger charge is -2.28. The molecule has 0 heterocycles. The van der Waals surface area contributed by atoms with E-state index < -0.39 is 22.0 Å². The molecule has 0 aliphatic carbocycles. The zero-order valence-electron chi connectivity index (χ0n) is 17.0. The largest absolute Gasteiger partial charge is 0.491 e. The van der Waals surface area contributed by atoms with Crippen LogP contribution in [0.15, 0.2) is 60.7 Å². The van der Waals surface area contributed by atoms with Gasteiger partial charge in [0.1, 0.15) is 18.4 Å². The first-order valence-corrected chi connectivity index (χ1v) is 12.1. The molecule has 0 saturated carbocycles. The first-order chi connectivity index (χ1) is 14.7. The fourth-order valence-corrected chi connectivity index (χ4v) is 4.95. The van der Waals surface area contributed by atoms with Crippen LogP contribution in [0.3, 0.4) is 0 Å². The van der Waals surface area contributed by atoms with Crippen LogP contribution in [-0.4, -0.2) is 39.8 Å². The molecule has 1 unspecified atom stereocenters. The van der Waals surface area contributed by atoms with Gasteiger partial charge in [-0.15, -0.1) is 0 Å². The number of sulfonamides is 1. The molecule has 3 rings (SSSR count). The van der Waals surface area contributed by atoms with Crippen LogP contribution < -0.4 is 14.4 Å². The summed E-state index contributed by atoms with van der Waals surface area (Å²) < 4.78 is 31.6. The number of ether oxygens (including phenoxy) is 1. The predicted molar refractivity (Wildman–Crippen MR) is 126 cm³/mol. The Labute approximate surface area is 191 Å². The predicted octanol–water partition coefficient (Wildman–Crippen LogP) is 4.50. The molecule has 0 aliphatic heterocycles. The highest BCUT2D eigenvalue weighted by atomic mass is 35.5. The minimum atomic E-state index is -3.77. The Kier molecular flexibility index (Phi) is 7.30. The van der Waals surface area contributed by atoms with Gasteiger partial charge in [0, 0.05) is 15.4 Å². The molecule has 0 radical (unpaired) electrons. The molecule has 1 amide bonds. The third-order valence-electron chi connectivity index (χ3n) is 4.60. The molecule has 0 bridgehead atoms. The Morgan fingerprint density at radius 2 is 1.71 bits per heavy atom. The van der Waals surface area contributed by atoms with E-state index in [1.807, 2.05) is 42.5 Å². The number of anilines is 1. The lowest BCUT2D eigenvalue weighted by atomic mass is 10.1. The number of amides is 1. The highest BCUT2D eigenvalue weighted by molar-refractivity contribution is 7.92. The molecule has 6 nitrogen and oxygen atoms in total. The van der Waals surface area contributed by atoms with Gasteiger partial charge in [-0.05, 0) is 36.6 Å². The SMILES string of the molecule is CC(C(=O)NCCOc1cccc2ccccc12)N(c1cc(Cl)cc(Cl)c1)S(C)(=O)=O. The summed E-state index contributed by atoms with van der Waals surface area (Å²) in [5.41, 5.74) is 0.217. The van der Waals surface area contributed by atoms with Crippen LogP contribution in [0, 0.1) is 0 Å². The van der Waals surface area contributed by atoms with Crippen molar-refractivity contribution in [3.63, 3.8) is 0 Å². The van der Waals surface area contributed by atoms with E-state index in [1.54, 1.807) is 0 Å². The first kappa shape index (κ1) is 23.2. The molecule has 1 atom stereocenters. The van der Waals surface area contributed by atoms with Gasteiger partial charge in [-0.3, -0.25) is 9.10 Å². The van der Waals surface area contributed by atoms with Gasteiger partial charge in [-0.2, -0.15) is 0 Å². The standard InChI is InChI=1S/C22H22Cl2N2O4S/c1-15(26(31(2,28)29)19-13-17(23)12-18(24)14-19)22(27)25-10-11-30-21-9-5-7-16-6-3-4-8-20(16)21/h3-9,12-15H,10-11H2,1-2H3,(H,25,27). The molecule has 0 aliphatic rings. The van der Waals surface area contributed by atoms with Gasteiger partial charge in [-0.25, -0.2) is 8.42 Å². The zero-order valence-corrected chi connectivity index (χ0v) is 19.3. The molecule has 31 heavy (non-hydrogen) atoms. The summed E-state index contributed by atoms with van der Waals surface area (Å²) in [6.07, 6.45) is 1.02. The van der Waals surface area contributed by atoms with Crippen molar-refractivity contribution in [1.29, 1.82) is 0 Å². The first-order valence-electron chi connectivity index (χ1n) is 9.50. The maximum atomic E-state index is 12.7. The van der Waals surface area contributed by atoms with Crippen LogP contribution in [0.2, 0.25) is 10.0 Å². The Morgan fingerprint density at radius 1 is 1.06 bits per heavy atom. The molecule has 0 aromatic heterocycles. The summed E-state index contributed by atoms with van der Waals surface area (Å²) in [4.78, 5) is 12.7. The van der Waals surface area contributed by atoms with E-state index >= 15 is 0 Å². The number of benzene rings is 3. The third-order valence-corrected chi connectivity index (χ3v) is 6.28. The van der Waals surface area contributed by atoms with Crippen LogP contribution >= 0.6 is 23.2 Å². The minimum Gasteiger partial charge on any atom is -0.491 e. The van der Waals surface area contributed by atoms with E-state index in [2.05, 4.69) is 5.32 Å². The number of hydrogen-bond donors (Lipinski definition) is 1. The van der Waals surface area contributed by atoms with Crippen molar-refractivity contribution < 1.29 is 17.9 Å². The molecular formula is C22H22Cl2N2O4S. The fraction of sp³-hybridized carbons (Fsp3) is 0.227. The molecule has 9 heteroatoms. The van der Waals surface area contributed by atoms with Crippen molar-refractivity contribution in [2.24, 2.45) is 0 Å². The topological polar surface area (TPSA) is 75.7 Å². The fourth-order valence-electron chi connectivity index (χ4n) is 3.28. The lowest BCUT2D eigenvalue weighted by molar-refractivity contribution is -0.121. The van der Waals surface area contributed by atoms with Gasteiger partial charge in [0.25, 0.3) is 0 Å². The van der Waals surface area contributed by atoms with Crippen LogP contribution in [0.25, 0.3) is 10.8 Å². The summed E-state index contributed by atoms with van der Waals surface area (Å²) in [5.74, 6) is 0.245. The average Bonchev–Trinajstić information content (AvgIpc) is 2.69. The molecule has 0 fully saturated rings. The molecule has 3 aromatic carbocycles. The molecule has 0 saturated heterocycles. The van der Waals surface area contributed by atoms with Crippen molar-refractivity contribution in [2.45, 2.75) is 13.0 Å². The van der Waals surface area contributed by atoms with Gasteiger partial charge < -0.3 is 10.1 Å². The number of halogens is 2. The Balaban J connectivity index is 1.65. The van der Waals surface area contributed by atoms with E-state index in [9.17, 15) is 13.2 Å². The van der Waals surface area contributed by atoms with Gasteiger partial charge >= 0.3 is 0 Å². The highest BCUT2D eigenvalue weighted by Crippen LogP contribution is 2.29. The summed E-state index contributed by atoms with van der Waals surface area (Å²) in [7, 11) is -3.77. The molecule has 1 N–H and O–H groups in total. The van der Waals surface area contributed by atoms with Gasteiger partial charge in [0.15, 0.2) is 0 Å². The van der Waals surface area contributed by atoms with E-state index in [0.717, 1.165) is 21.3 Å². The van der Waals surface area contributed by atoms with Crippen molar-refractivity contribution in [3.05, 3.63) is 70.7 Å². The maximum absolute atomic E-state index is 12.7. The average molecular weight is 481 g/mol. The normalized spacial score (nSPS) is 12.4. The second-order valence-electron chi connectivity index (χ2n) is 6.98. The number of nitrogens with one attached hydrogen (secondary N) is 1. The van der Waals surface area contributed by atoms with Gasteiger partial charge in [0.05, 0.1) is 18.5 Å². The van der Waals surface area contributed by atoms with Gasteiger partial charge in [0.2, 0.25) is 15.9 Å². The van der Waals surface area contributed by atoms with Crippen LogP contribution in [0.5, 0.6) is 5.75 Å². The van der Waals surface area contributed by atoms with Crippen LogP contribution in [0.4, 0.5) is 5.69 Å². The van der Waals surface area contributed by atoms with Crippen LogP contribution in [-0.2, 0) is 14.8 Å². The van der Waals surface area contributed by atoms with Crippen LogP contribution in [0.1, 0.15) is 6.92 Å². The third kappa shape index (κ3) is 5.81. The van der Waals surface area contributed by atoms with Crippen molar-refractivity contribution in [3.8, 4) is 5.75 Å². The number of rotatable bonds is 8. The smallest absolute Gasteiger partial charge is 0.243 e. The molecular weight excluding hydrogens is 459 g/mol. The van der Waals surface area contributed by atoms with Gasteiger partial charge in [-0.1, -0.05) is 59.6 Å². The Morgan fingerprint density at radius 3 is 2.39 bits per heavy atom. The molecule has 164 valence electrons. The lowest BCUT2D eigenvalue weighted by Crippen LogP contribution is -2.48. The van der Waals surface area contributed by atoms with E-state index in [0.29, 0.717) is 5.75 Å². The maximum Gasteiger partial charge on any atom is 0.243 e. The van der Waals surface area contributed by atoms with E-state index in [1.165, 1.54) is 25.1 Å². The Hall–Kier alpha value is -2.48. The quantitative estimate of drug-likeness (QED) is 0.481. The number of carbonyl (C=O) groups is 1. The van der Waals surface area contributed by atoms with E-state index in [-0.39, 0.29) is 28.9 Å². The number of nitrogens with zero attached hydrogens (tertiary/aromatic N) is 1. The zero-order chi connectivity index (χ0) is 22.6. The van der Waals surface area contributed by atoms with Crippen molar-refractivity contribution in [1.82, 2.24) is 5.32 Å². The summed E-state index contributed by atoms with van der Waals surface area (Å²) in [6.45, 7) is 1.94. The molecule has 0 spiro atoms. The van der Waals surface area contributed by atoms with Crippen molar-refractivity contribution >= 4 is 55.6 Å². The number of carbonyl (C=O) groups excluding carboxylic acids is 1. The second kappa shape index (κ2) is 9.77.